The number of nitrogens with zero attached hydrogens (tertiary/aromatic N) is 3. The Balaban J connectivity index is 1.57. The molecule has 0 spiro atoms. The van der Waals surface area contributed by atoms with E-state index in [0.29, 0.717) is 6.54 Å². The zero-order chi connectivity index (χ0) is 47.5. The molecule has 0 bridgehead atoms. The molecule has 2 aliphatic heterocycles. The second kappa shape index (κ2) is 34.7. The van der Waals surface area contributed by atoms with E-state index in [1.165, 1.54) is 4.90 Å². The van der Waals surface area contributed by atoms with Gasteiger partial charge in [0.05, 0.1) is 52.9 Å². The molecule has 0 saturated heterocycles. The first kappa shape index (κ1) is 55.5. The summed E-state index contributed by atoms with van der Waals surface area (Å²) < 4.78 is 27.0. The van der Waals surface area contributed by atoms with Crippen molar-refractivity contribution in [1.82, 2.24) is 41.3 Å². The summed E-state index contributed by atoms with van der Waals surface area (Å²) in [4.78, 5) is 123. The monoisotopic (exact) mass is 922 g/mol. The third-order valence-electron chi connectivity index (χ3n) is 9.33. The van der Waals surface area contributed by atoms with E-state index in [-0.39, 0.29) is 174 Å². The fourth-order valence-electron chi connectivity index (χ4n) is 5.76. The van der Waals surface area contributed by atoms with Crippen LogP contribution in [0, 0.1) is 0 Å². The van der Waals surface area contributed by atoms with Gasteiger partial charge in [-0.3, -0.25) is 57.7 Å². The number of imide groups is 2. The molecule has 65 heavy (non-hydrogen) atoms. The molecule has 23 nitrogen and oxygen atoms in total. The van der Waals surface area contributed by atoms with Crippen LogP contribution >= 0.6 is 0 Å². The topological polar surface area (TPSA) is 287 Å². The Morgan fingerprint density at radius 1 is 0.446 bits per heavy atom. The van der Waals surface area contributed by atoms with E-state index in [1.807, 2.05) is 0 Å². The van der Waals surface area contributed by atoms with Crippen LogP contribution in [0.3, 0.4) is 0 Å². The van der Waals surface area contributed by atoms with Gasteiger partial charge in [-0.2, -0.15) is 0 Å². The fraction of sp³-hybridized carbons (Fsp3) is 0.667. The number of hydrogen-bond donors (Lipinski definition) is 5. The van der Waals surface area contributed by atoms with Crippen LogP contribution in [0.4, 0.5) is 0 Å². The molecule has 0 radical (unpaired) electrons. The number of ether oxygens (including phenoxy) is 5. The van der Waals surface area contributed by atoms with Gasteiger partial charge >= 0.3 is 0 Å². The maximum atomic E-state index is 13.0. The predicted molar refractivity (Wildman–Crippen MR) is 230 cm³/mol. The Labute approximate surface area is 379 Å². The largest absolute Gasteiger partial charge is 0.379 e. The minimum atomic E-state index is -0.446. The van der Waals surface area contributed by atoms with Crippen molar-refractivity contribution < 1.29 is 71.6 Å². The van der Waals surface area contributed by atoms with Gasteiger partial charge in [0.1, 0.15) is 13.2 Å². The van der Waals surface area contributed by atoms with Crippen LogP contribution < -0.4 is 26.6 Å². The predicted octanol–water partition coefficient (Wildman–Crippen LogP) is -2.53. The van der Waals surface area contributed by atoms with E-state index in [0.717, 1.165) is 59.8 Å². The SMILES string of the molecule is CCCCCCNC(=O)COCC(=O)N(CCNC(=O)CCOCCOCCNC(=O)CCN1C(=O)C=CC1=O)CCNC(=O)CCOCCOCCNC(=O)CCN1C(=O)C=CC1=O. The van der Waals surface area contributed by atoms with Gasteiger partial charge < -0.3 is 55.2 Å². The molecule has 0 fully saturated rings. The Morgan fingerprint density at radius 2 is 0.846 bits per heavy atom. The average Bonchev–Trinajstić information content (AvgIpc) is 3.78. The van der Waals surface area contributed by atoms with Crippen LogP contribution in [-0.2, 0) is 71.6 Å². The molecule has 10 amide bonds. The van der Waals surface area contributed by atoms with Crippen LogP contribution in [0.1, 0.15) is 58.3 Å². The molecule has 0 aliphatic carbocycles. The summed E-state index contributed by atoms with van der Waals surface area (Å²) in [7, 11) is 0. The lowest BCUT2D eigenvalue weighted by atomic mass is 10.2. The second-order valence-electron chi connectivity index (χ2n) is 14.5. The van der Waals surface area contributed by atoms with E-state index in [1.54, 1.807) is 0 Å². The molecule has 0 aromatic heterocycles. The fourth-order valence-corrected chi connectivity index (χ4v) is 5.76. The minimum absolute atomic E-state index is 0.00455. The minimum Gasteiger partial charge on any atom is -0.379 e. The first-order chi connectivity index (χ1) is 31.4. The van der Waals surface area contributed by atoms with Gasteiger partial charge in [-0.05, 0) is 6.42 Å². The van der Waals surface area contributed by atoms with Crippen molar-refractivity contribution in [3.63, 3.8) is 0 Å². The molecule has 23 heteroatoms. The normalized spacial score (nSPS) is 13.1. The van der Waals surface area contributed by atoms with Crippen molar-refractivity contribution in [2.75, 3.05) is 125 Å². The van der Waals surface area contributed by atoms with Crippen LogP contribution in [-0.4, -0.2) is 199 Å². The number of unbranched alkanes of at least 4 members (excludes halogenated alkanes) is 3. The number of rotatable bonds is 39. The Hall–Kier alpha value is -5.62. The number of nitrogens with one attached hydrogen (secondary N) is 5. The number of carbonyl (C=O) groups excluding carboxylic acids is 10. The molecule has 0 atom stereocenters. The van der Waals surface area contributed by atoms with Crippen molar-refractivity contribution in [1.29, 1.82) is 0 Å². The molecule has 2 rings (SSSR count). The highest BCUT2D eigenvalue weighted by Gasteiger charge is 2.24. The van der Waals surface area contributed by atoms with E-state index >= 15 is 0 Å². The smallest absolute Gasteiger partial charge is 0.253 e. The van der Waals surface area contributed by atoms with Crippen molar-refractivity contribution in [2.45, 2.75) is 58.3 Å². The molecule has 0 aromatic rings. The third kappa shape index (κ3) is 26.7. The van der Waals surface area contributed by atoms with Gasteiger partial charge in [-0.25, -0.2) is 0 Å². The highest BCUT2D eigenvalue weighted by Crippen LogP contribution is 2.05. The molecule has 0 aromatic carbocycles. The van der Waals surface area contributed by atoms with Gasteiger partial charge in [-0.15, -0.1) is 0 Å². The molecule has 0 saturated carbocycles. The Bertz CT molecular complexity index is 1500. The highest BCUT2D eigenvalue weighted by molar-refractivity contribution is 6.13. The quantitative estimate of drug-likeness (QED) is 0.0314. The first-order valence-electron chi connectivity index (χ1n) is 22.0. The van der Waals surface area contributed by atoms with Gasteiger partial charge in [0.2, 0.25) is 35.4 Å². The van der Waals surface area contributed by atoms with Gasteiger partial charge in [0, 0.05) is 109 Å². The van der Waals surface area contributed by atoms with Crippen LogP contribution in [0.15, 0.2) is 24.3 Å². The molecule has 2 aliphatic rings. The summed E-state index contributed by atoms with van der Waals surface area (Å²) in [6.07, 6.45) is 8.70. The highest BCUT2D eigenvalue weighted by atomic mass is 16.5. The zero-order valence-electron chi connectivity index (χ0n) is 37.4. The number of hydrogen-bond acceptors (Lipinski definition) is 15. The Morgan fingerprint density at radius 3 is 1.29 bits per heavy atom. The summed E-state index contributed by atoms with van der Waals surface area (Å²) in [5, 5.41) is 13.5. The van der Waals surface area contributed by atoms with Crippen LogP contribution in [0.25, 0.3) is 0 Å². The van der Waals surface area contributed by atoms with Crippen molar-refractivity contribution in [3.8, 4) is 0 Å². The molecular formula is C42H66N8O15. The molecule has 2 heterocycles. The lowest BCUT2D eigenvalue weighted by molar-refractivity contribution is -0.139. The zero-order valence-corrected chi connectivity index (χ0v) is 37.4. The molecule has 0 unspecified atom stereocenters. The summed E-state index contributed by atoms with van der Waals surface area (Å²) in [5.74, 6) is -3.83. The van der Waals surface area contributed by atoms with Gasteiger partial charge in [-0.1, -0.05) is 26.2 Å². The van der Waals surface area contributed by atoms with Crippen LogP contribution in [0.2, 0.25) is 0 Å². The molecule has 364 valence electrons. The van der Waals surface area contributed by atoms with Crippen molar-refractivity contribution >= 4 is 59.1 Å². The number of amides is 10. The third-order valence-corrected chi connectivity index (χ3v) is 9.33. The first-order valence-corrected chi connectivity index (χ1v) is 22.0. The van der Waals surface area contributed by atoms with E-state index in [9.17, 15) is 47.9 Å². The van der Waals surface area contributed by atoms with E-state index in [4.69, 9.17) is 23.7 Å². The van der Waals surface area contributed by atoms with Crippen LogP contribution in [0.5, 0.6) is 0 Å². The number of carbonyl (C=O) groups is 10. The lowest BCUT2D eigenvalue weighted by Gasteiger charge is -2.23. The standard InChI is InChI=1S/C42H66N8O15/c1-2-3-4-5-14-43-37(55)31-65-32-42(60)48(21-15-44-35(53)12-23-61-27-29-63-25-17-46-33(51)10-19-49-38(56)6-7-39(49)57)22-16-45-36(54)13-24-62-28-30-64-26-18-47-34(52)11-20-50-40(58)8-9-41(50)59/h6-9H,2-5,10-32H2,1H3,(H,43,55)(H,44,53)(H,45,54)(H,46,51)(H,47,52). The lowest BCUT2D eigenvalue weighted by Crippen LogP contribution is -2.44. The summed E-state index contributed by atoms with van der Waals surface area (Å²) in [6, 6.07) is 0. The summed E-state index contributed by atoms with van der Waals surface area (Å²) >= 11 is 0. The van der Waals surface area contributed by atoms with E-state index < -0.39 is 29.5 Å². The van der Waals surface area contributed by atoms with Gasteiger partial charge in [0.15, 0.2) is 0 Å². The summed E-state index contributed by atoms with van der Waals surface area (Å²) in [5.41, 5.74) is 0. The van der Waals surface area contributed by atoms with E-state index in [2.05, 4.69) is 33.5 Å². The van der Waals surface area contributed by atoms with Gasteiger partial charge in [0.25, 0.3) is 23.6 Å². The average molecular weight is 923 g/mol. The molecular weight excluding hydrogens is 857 g/mol. The second-order valence-corrected chi connectivity index (χ2v) is 14.5. The maximum Gasteiger partial charge on any atom is 0.253 e. The Kier molecular flexibility index (Phi) is 29.7. The molecule has 5 N–H and O–H groups in total. The van der Waals surface area contributed by atoms with Crippen molar-refractivity contribution in [2.24, 2.45) is 0 Å². The summed E-state index contributed by atoms with van der Waals surface area (Å²) in [6.45, 7) is 4.33. The van der Waals surface area contributed by atoms with Crippen molar-refractivity contribution in [3.05, 3.63) is 24.3 Å². The maximum absolute atomic E-state index is 13.0.